The number of nitro benzene ring substituents is 1. The van der Waals surface area contributed by atoms with Crippen LogP contribution in [0.2, 0.25) is 0 Å². The van der Waals surface area contributed by atoms with Crippen molar-refractivity contribution in [2.45, 2.75) is 6.92 Å². The quantitative estimate of drug-likeness (QED) is 0.668. The second kappa shape index (κ2) is 6.90. The van der Waals surface area contributed by atoms with E-state index >= 15 is 0 Å². The molecule has 1 N–H and O–H groups in total. The second-order valence-electron chi connectivity index (χ2n) is 4.76. The van der Waals surface area contributed by atoms with Crippen LogP contribution in [0.25, 0.3) is 0 Å². The van der Waals surface area contributed by atoms with Gasteiger partial charge in [-0.15, -0.1) is 0 Å². The summed E-state index contributed by atoms with van der Waals surface area (Å²) in [5.41, 5.74) is 0.593. The van der Waals surface area contributed by atoms with E-state index in [1.54, 1.807) is 6.92 Å². The molecular weight excluding hydrogens is 281 g/mol. The number of benzene rings is 1. The van der Waals surface area contributed by atoms with E-state index < -0.39 is 10.7 Å². The van der Waals surface area contributed by atoms with Gasteiger partial charge in [0.1, 0.15) is 11.5 Å². The molecular formula is C13H18FN3O2S. The number of nitrogens with one attached hydrogen (secondary N) is 1. The average molecular weight is 299 g/mol. The third-order valence-corrected chi connectivity index (χ3v) is 4.26. The van der Waals surface area contributed by atoms with Gasteiger partial charge in [-0.05, 0) is 18.6 Å². The number of anilines is 1. The first-order valence-corrected chi connectivity index (χ1v) is 7.72. The van der Waals surface area contributed by atoms with Crippen molar-refractivity contribution < 1.29 is 9.31 Å². The van der Waals surface area contributed by atoms with Crippen LogP contribution >= 0.6 is 11.8 Å². The Morgan fingerprint density at radius 2 is 2.15 bits per heavy atom. The summed E-state index contributed by atoms with van der Waals surface area (Å²) in [6.07, 6.45) is 0. The Morgan fingerprint density at radius 1 is 1.45 bits per heavy atom. The number of halogens is 1. The molecule has 1 aromatic rings. The largest absolute Gasteiger partial charge is 0.378 e. The number of thioether (sulfide) groups is 1. The van der Waals surface area contributed by atoms with E-state index in [0.29, 0.717) is 17.8 Å². The number of hydrogen-bond donors (Lipinski definition) is 1. The number of rotatable bonds is 5. The zero-order valence-corrected chi connectivity index (χ0v) is 12.2. The number of hydrogen-bond acceptors (Lipinski definition) is 5. The van der Waals surface area contributed by atoms with Gasteiger partial charge >= 0.3 is 0 Å². The molecule has 0 amide bonds. The third kappa shape index (κ3) is 3.83. The van der Waals surface area contributed by atoms with Gasteiger partial charge in [0.15, 0.2) is 0 Å². The van der Waals surface area contributed by atoms with E-state index in [-0.39, 0.29) is 5.69 Å². The van der Waals surface area contributed by atoms with E-state index in [1.165, 1.54) is 6.07 Å². The van der Waals surface area contributed by atoms with Gasteiger partial charge in [0.05, 0.1) is 11.0 Å². The summed E-state index contributed by atoms with van der Waals surface area (Å²) < 4.78 is 13.4. The average Bonchev–Trinajstić information content (AvgIpc) is 2.43. The maximum absolute atomic E-state index is 13.4. The molecule has 0 unspecified atom stereocenters. The summed E-state index contributed by atoms with van der Waals surface area (Å²) in [6.45, 7) is 5.17. The van der Waals surface area contributed by atoms with Crippen LogP contribution in [0.3, 0.4) is 0 Å². The van der Waals surface area contributed by atoms with Crippen molar-refractivity contribution in [1.29, 1.82) is 0 Å². The van der Waals surface area contributed by atoms with Crippen molar-refractivity contribution in [1.82, 2.24) is 4.90 Å². The molecule has 0 bridgehead atoms. The van der Waals surface area contributed by atoms with Crippen molar-refractivity contribution in [3.8, 4) is 0 Å². The predicted octanol–water partition coefficient (Wildman–Crippen LogP) is 2.50. The molecule has 1 aromatic carbocycles. The van der Waals surface area contributed by atoms with Crippen LogP contribution in [0, 0.1) is 22.9 Å². The normalized spacial score (nSPS) is 16.1. The topological polar surface area (TPSA) is 58.4 Å². The number of nitrogens with zero attached hydrogens (tertiary/aromatic N) is 2. The molecule has 1 saturated heterocycles. The molecule has 20 heavy (non-hydrogen) atoms. The Morgan fingerprint density at radius 3 is 2.80 bits per heavy atom. The lowest BCUT2D eigenvalue weighted by molar-refractivity contribution is -0.384. The number of aryl methyl sites for hydroxylation is 1. The smallest absolute Gasteiger partial charge is 0.295 e. The molecule has 1 heterocycles. The SMILES string of the molecule is Cc1cc(NCCN2CCSCC2)c([N+](=O)[O-])cc1F. The molecule has 0 aliphatic carbocycles. The van der Waals surface area contributed by atoms with Gasteiger partial charge in [0, 0.05) is 37.7 Å². The molecule has 110 valence electrons. The van der Waals surface area contributed by atoms with Gasteiger partial charge in [0.25, 0.3) is 5.69 Å². The highest BCUT2D eigenvalue weighted by molar-refractivity contribution is 7.99. The van der Waals surface area contributed by atoms with Crippen LogP contribution in [0.5, 0.6) is 0 Å². The second-order valence-corrected chi connectivity index (χ2v) is 5.98. The molecule has 1 aliphatic heterocycles. The van der Waals surface area contributed by atoms with Gasteiger partial charge in [-0.25, -0.2) is 4.39 Å². The van der Waals surface area contributed by atoms with Crippen LogP contribution in [0.4, 0.5) is 15.8 Å². The summed E-state index contributed by atoms with van der Waals surface area (Å²) in [5.74, 6) is 1.72. The third-order valence-electron chi connectivity index (χ3n) is 3.32. The lowest BCUT2D eigenvalue weighted by atomic mass is 10.2. The van der Waals surface area contributed by atoms with Crippen LogP contribution < -0.4 is 5.32 Å². The van der Waals surface area contributed by atoms with Crippen molar-refractivity contribution in [3.05, 3.63) is 33.6 Å². The fraction of sp³-hybridized carbons (Fsp3) is 0.538. The molecule has 0 spiro atoms. The zero-order chi connectivity index (χ0) is 14.5. The van der Waals surface area contributed by atoms with E-state index in [1.807, 2.05) is 11.8 Å². The minimum atomic E-state index is -0.553. The predicted molar refractivity (Wildman–Crippen MR) is 80.0 cm³/mol. The zero-order valence-electron chi connectivity index (χ0n) is 11.4. The Balaban J connectivity index is 1.97. The maximum Gasteiger partial charge on any atom is 0.295 e. The van der Waals surface area contributed by atoms with E-state index in [9.17, 15) is 14.5 Å². The number of nitro groups is 1. The molecule has 2 rings (SSSR count). The highest BCUT2D eigenvalue weighted by Crippen LogP contribution is 2.27. The van der Waals surface area contributed by atoms with E-state index in [4.69, 9.17) is 0 Å². The first kappa shape index (κ1) is 15.1. The molecule has 0 saturated carbocycles. The minimum Gasteiger partial charge on any atom is -0.378 e. The molecule has 1 fully saturated rings. The summed E-state index contributed by atoms with van der Waals surface area (Å²) in [7, 11) is 0. The van der Waals surface area contributed by atoms with Gasteiger partial charge in [-0.2, -0.15) is 11.8 Å². The summed E-state index contributed by atoms with van der Waals surface area (Å²) in [6, 6.07) is 2.48. The summed E-state index contributed by atoms with van der Waals surface area (Å²) in [5, 5.41) is 14.0. The first-order valence-electron chi connectivity index (χ1n) is 6.56. The van der Waals surface area contributed by atoms with Gasteiger partial charge in [-0.3, -0.25) is 15.0 Å². The van der Waals surface area contributed by atoms with Crippen LogP contribution in [0.15, 0.2) is 12.1 Å². The maximum atomic E-state index is 13.4. The molecule has 0 radical (unpaired) electrons. The Labute approximate surface area is 121 Å². The van der Waals surface area contributed by atoms with Crippen molar-refractivity contribution in [3.63, 3.8) is 0 Å². The Hall–Kier alpha value is -1.34. The van der Waals surface area contributed by atoms with Crippen LogP contribution in [-0.2, 0) is 0 Å². The molecule has 0 atom stereocenters. The van der Waals surface area contributed by atoms with Crippen molar-refractivity contribution >= 4 is 23.1 Å². The fourth-order valence-electron chi connectivity index (χ4n) is 2.14. The van der Waals surface area contributed by atoms with Crippen LogP contribution in [-0.4, -0.2) is 47.5 Å². The summed E-state index contributed by atoms with van der Waals surface area (Å²) in [4.78, 5) is 12.7. The molecule has 0 aromatic heterocycles. The Kier molecular flexibility index (Phi) is 5.19. The van der Waals surface area contributed by atoms with E-state index in [2.05, 4.69) is 10.2 Å². The van der Waals surface area contributed by atoms with Crippen molar-refractivity contribution in [2.75, 3.05) is 43.0 Å². The monoisotopic (exact) mass is 299 g/mol. The molecule has 7 heteroatoms. The first-order chi connectivity index (χ1) is 9.58. The van der Waals surface area contributed by atoms with Gasteiger partial charge < -0.3 is 5.32 Å². The standard InChI is InChI=1S/C13H18FN3O2S/c1-10-8-12(13(17(18)19)9-11(10)14)15-2-3-16-4-6-20-7-5-16/h8-9,15H,2-7H2,1H3. The summed E-state index contributed by atoms with van der Waals surface area (Å²) >= 11 is 1.95. The van der Waals surface area contributed by atoms with Crippen LogP contribution in [0.1, 0.15) is 5.56 Å². The van der Waals surface area contributed by atoms with E-state index in [0.717, 1.165) is 37.2 Å². The Bertz CT molecular complexity index is 493. The van der Waals surface area contributed by atoms with Gasteiger partial charge in [-0.1, -0.05) is 0 Å². The highest BCUT2D eigenvalue weighted by Gasteiger charge is 2.17. The highest BCUT2D eigenvalue weighted by atomic mass is 32.2. The van der Waals surface area contributed by atoms with Crippen molar-refractivity contribution in [2.24, 2.45) is 0 Å². The van der Waals surface area contributed by atoms with Gasteiger partial charge in [0.2, 0.25) is 0 Å². The lowest BCUT2D eigenvalue weighted by Gasteiger charge is -2.26. The fourth-order valence-corrected chi connectivity index (χ4v) is 3.12. The molecule has 5 nitrogen and oxygen atoms in total. The lowest BCUT2D eigenvalue weighted by Crippen LogP contribution is -2.36. The minimum absolute atomic E-state index is 0.206. The molecule has 1 aliphatic rings.